The molecule has 3 aromatic rings. The van der Waals surface area contributed by atoms with Crippen LogP contribution in [0.2, 0.25) is 0 Å². The average molecular weight is 285 g/mol. The number of hydrogen-bond donors (Lipinski definition) is 1. The van der Waals surface area contributed by atoms with Crippen molar-refractivity contribution in [2.24, 2.45) is 0 Å². The Hall–Kier alpha value is -2.56. The third kappa shape index (κ3) is 1.70. The molecule has 0 unspecified atom stereocenters. The molecule has 5 heteroatoms. The third-order valence-electron chi connectivity index (χ3n) is 3.78. The highest BCUT2D eigenvalue weighted by Crippen LogP contribution is 2.43. The highest BCUT2D eigenvalue weighted by molar-refractivity contribution is 6.12. The minimum absolute atomic E-state index is 0.557. The SMILES string of the molecule is COc1cc(OC)c2[nH]c3c4c(ccc3c2c1)OCCO4. The van der Waals surface area contributed by atoms with Crippen molar-refractivity contribution < 1.29 is 18.9 Å². The summed E-state index contributed by atoms with van der Waals surface area (Å²) in [7, 11) is 3.29. The third-order valence-corrected chi connectivity index (χ3v) is 3.78. The van der Waals surface area contributed by atoms with Crippen molar-refractivity contribution in [2.75, 3.05) is 27.4 Å². The summed E-state index contributed by atoms with van der Waals surface area (Å²) >= 11 is 0. The number of nitrogens with one attached hydrogen (secondary N) is 1. The van der Waals surface area contributed by atoms with E-state index >= 15 is 0 Å². The van der Waals surface area contributed by atoms with E-state index in [1.165, 1.54) is 0 Å². The molecule has 1 aliphatic rings. The van der Waals surface area contributed by atoms with Gasteiger partial charge in [0.25, 0.3) is 0 Å². The Kier molecular flexibility index (Phi) is 2.60. The number of benzene rings is 2. The van der Waals surface area contributed by atoms with Gasteiger partial charge in [0.15, 0.2) is 11.5 Å². The fourth-order valence-corrected chi connectivity index (χ4v) is 2.80. The number of H-pyrrole nitrogens is 1. The van der Waals surface area contributed by atoms with Crippen molar-refractivity contribution in [2.45, 2.75) is 0 Å². The first-order valence-electron chi connectivity index (χ1n) is 6.78. The maximum absolute atomic E-state index is 5.77. The van der Waals surface area contributed by atoms with Crippen LogP contribution in [0.5, 0.6) is 23.0 Å². The van der Waals surface area contributed by atoms with E-state index in [1.807, 2.05) is 24.3 Å². The van der Waals surface area contributed by atoms with Crippen LogP contribution in [0.25, 0.3) is 21.8 Å². The average Bonchev–Trinajstić information content (AvgIpc) is 2.93. The van der Waals surface area contributed by atoms with Gasteiger partial charge >= 0.3 is 0 Å². The van der Waals surface area contributed by atoms with Gasteiger partial charge in [-0.1, -0.05) is 0 Å². The zero-order valence-corrected chi connectivity index (χ0v) is 11.9. The highest BCUT2D eigenvalue weighted by atomic mass is 16.6. The van der Waals surface area contributed by atoms with E-state index in [1.54, 1.807) is 14.2 Å². The minimum atomic E-state index is 0.557. The predicted molar refractivity (Wildman–Crippen MR) is 79.9 cm³/mol. The number of aromatic nitrogens is 1. The van der Waals surface area contributed by atoms with Crippen molar-refractivity contribution in [1.29, 1.82) is 0 Å². The summed E-state index contributed by atoms with van der Waals surface area (Å²) in [5, 5.41) is 2.10. The van der Waals surface area contributed by atoms with Gasteiger partial charge in [0.1, 0.15) is 24.7 Å². The van der Waals surface area contributed by atoms with Crippen molar-refractivity contribution in [3.05, 3.63) is 24.3 Å². The fourth-order valence-electron chi connectivity index (χ4n) is 2.80. The lowest BCUT2D eigenvalue weighted by atomic mass is 10.1. The molecule has 0 amide bonds. The molecule has 1 aliphatic heterocycles. The van der Waals surface area contributed by atoms with Gasteiger partial charge in [0.2, 0.25) is 0 Å². The first-order chi connectivity index (χ1) is 10.3. The van der Waals surface area contributed by atoms with Gasteiger partial charge in [-0.3, -0.25) is 0 Å². The molecule has 0 bridgehead atoms. The second-order valence-corrected chi connectivity index (χ2v) is 4.89. The molecule has 0 saturated carbocycles. The quantitative estimate of drug-likeness (QED) is 0.786. The molecule has 0 radical (unpaired) electrons. The molecule has 0 fully saturated rings. The number of aromatic amines is 1. The molecule has 0 spiro atoms. The van der Waals surface area contributed by atoms with Crippen LogP contribution in [-0.2, 0) is 0 Å². The van der Waals surface area contributed by atoms with Gasteiger partial charge in [-0.15, -0.1) is 0 Å². The van der Waals surface area contributed by atoms with Gasteiger partial charge in [0.05, 0.1) is 25.3 Å². The Morgan fingerprint density at radius 1 is 0.952 bits per heavy atom. The molecular weight excluding hydrogens is 270 g/mol. The van der Waals surface area contributed by atoms with Crippen LogP contribution in [0.4, 0.5) is 0 Å². The minimum Gasteiger partial charge on any atom is -0.497 e. The lowest BCUT2D eigenvalue weighted by Crippen LogP contribution is -2.15. The van der Waals surface area contributed by atoms with Crippen LogP contribution in [0.15, 0.2) is 24.3 Å². The normalized spacial score (nSPS) is 13.6. The smallest absolute Gasteiger partial charge is 0.185 e. The van der Waals surface area contributed by atoms with Crippen LogP contribution < -0.4 is 18.9 Å². The van der Waals surface area contributed by atoms with Gasteiger partial charge in [0, 0.05) is 16.8 Å². The lowest BCUT2D eigenvalue weighted by Gasteiger charge is -2.18. The Balaban J connectivity index is 2.10. The second-order valence-electron chi connectivity index (χ2n) is 4.89. The zero-order valence-electron chi connectivity index (χ0n) is 11.9. The van der Waals surface area contributed by atoms with Crippen molar-refractivity contribution in [3.63, 3.8) is 0 Å². The Bertz CT molecular complexity index is 837. The van der Waals surface area contributed by atoms with Gasteiger partial charge < -0.3 is 23.9 Å². The van der Waals surface area contributed by atoms with E-state index in [9.17, 15) is 0 Å². The van der Waals surface area contributed by atoms with E-state index in [-0.39, 0.29) is 0 Å². The summed E-state index contributed by atoms with van der Waals surface area (Å²) in [5.41, 5.74) is 1.85. The molecule has 2 aromatic carbocycles. The van der Waals surface area contributed by atoms with Gasteiger partial charge in [-0.25, -0.2) is 0 Å². The zero-order chi connectivity index (χ0) is 14.4. The molecule has 21 heavy (non-hydrogen) atoms. The molecule has 1 N–H and O–H groups in total. The molecule has 4 rings (SSSR count). The largest absolute Gasteiger partial charge is 0.497 e. The van der Waals surface area contributed by atoms with E-state index in [0.717, 1.165) is 44.8 Å². The molecule has 0 aliphatic carbocycles. The maximum atomic E-state index is 5.77. The van der Waals surface area contributed by atoms with Crippen LogP contribution in [0.1, 0.15) is 0 Å². The summed E-state index contributed by atoms with van der Waals surface area (Å²) < 4.78 is 22.2. The number of fused-ring (bicyclic) bond motifs is 5. The van der Waals surface area contributed by atoms with E-state index in [0.29, 0.717) is 13.2 Å². The predicted octanol–water partition coefficient (Wildman–Crippen LogP) is 3.11. The molecule has 5 nitrogen and oxygen atoms in total. The van der Waals surface area contributed by atoms with Crippen LogP contribution >= 0.6 is 0 Å². The monoisotopic (exact) mass is 285 g/mol. The fraction of sp³-hybridized carbons (Fsp3) is 0.250. The molecular formula is C16H15NO4. The van der Waals surface area contributed by atoms with E-state index in [2.05, 4.69) is 4.98 Å². The Morgan fingerprint density at radius 3 is 2.62 bits per heavy atom. The molecule has 1 aromatic heterocycles. The Labute approximate surface area is 121 Å². The number of hydrogen-bond acceptors (Lipinski definition) is 4. The first kappa shape index (κ1) is 12.2. The molecule has 0 saturated heterocycles. The second kappa shape index (κ2) is 4.48. The molecule has 108 valence electrons. The van der Waals surface area contributed by atoms with Crippen molar-refractivity contribution in [3.8, 4) is 23.0 Å². The van der Waals surface area contributed by atoms with E-state index in [4.69, 9.17) is 18.9 Å². The summed E-state index contributed by atoms with van der Waals surface area (Å²) in [4.78, 5) is 3.39. The molecule has 2 heterocycles. The Morgan fingerprint density at radius 2 is 1.81 bits per heavy atom. The van der Waals surface area contributed by atoms with Crippen LogP contribution in [0, 0.1) is 0 Å². The van der Waals surface area contributed by atoms with E-state index < -0.39 is 0 Å². The van der Waals surface area contributed by atoms with Crippen LogP contribution in [0.3, 0.4) is 0 Å². The van der Waals surface area contributed by atoms with Crippen LogP contribution in [-0.4, -0.2) is 32.4 Å². The number of rotatable bonds is 2. The maximum Gasteiger partial charge on any atom is 0.185 e. The summed E-state index contributed by atoms with van der Waals surface area (Å²) in [6, 6.07) is 7.82. The number of methoxy groups -OCH3 is 2. The highest BCUT2D eigenvalue weighted by Gasteiger charge is 2.19. The topological polar surface area (TPSA) is 52.7 Å². The lowest BCUT2D eigenvalue weighted by molar-refractivity contribution is 0.173. The standard InChI is InChI=1S/C16H15NO4/c1-18-9-7-11-10-3-4-12-16(21-6-5-20-12)15(10)17-14(11)13(8-9)19-2/h3-4,7-8,17H,5-6H2,1-2H3. The summed E-state index contributed by atoms with van der Waals surface area (Å²) in [6.45, 7) is 1.14. The van der Waals surface area contributed by atoms with Gasteiger partial charge in [-0.05, 0) is 18.2 Å². The first-order valence-corrected chi connectivity index (χ1v) is 6.78. The number of ether oxygens (including phenoxy) is 4. The molecule has 0 atom stereocenters. The summed E-state index contributed by atoms with van der Waals surface area (Å²) in [6.07, 6.45) is 0. The van der Waals surface area contributed by atoms with Crippen molar-refractivity contribution in [1.82, 2.24) is 4.98 Å². The van der Waals surface area contributed by atoms with Crippen molar-refractivity contribution >= 4 is 21.8 Å². The van der Waals surface area contributed by atoms with Gasteiger partial charge in [-0.2, -0.15) is 0 Å². The summed E-state index contributed by atoms with van der Waals surface area (Å²) in [5.74, 6) is 3.03.